The second-order valence-corrected chi connectivity index (χ2v) is 4.33. The number of nitrogens with one attached hydrogen (secondary N) is 1. The van der Waals surface area contributed by atoms with Crippen molar-refractivity contribution in [2.24, 2.45) is 0 Å². The Bertz CT molecular complexity index is 568. The van der Waals surface area contributed by atoms with Gasteiger partial charge in [0.15, 0.2) is 5.82 Å². The normalized spacial score (nSPS) is 15.2. The first-order valence-corrected chi connectivity index (χ1v) is 6.00. The van der Waals surface area contributed by atoms with Crippen LogP contribution in [0.1, 0.15) is 18.7 Å². The van der Waals surface area contributed by atoms with Crippen molar-refractivity contribution in [1.82, 2.24) is 15.1 Å². The molecule has 18 heavy (non-hydrogen) atoms. The van der Waals surface area contributed by atoms with Crippen LogP contribution in [0.5, 0.6) is 0 Å². The van der Waals surface area contributed by atoms with E-state index >= 15 is 0 Å². The lowest BCUT2D eigenvalue weighted by Gasteiger charge is -2.14. The van der Waals surface area contributed by atoms with Crippen molar-refractivity contribution in [3.63, 3.8) is 0 Å². The van der Waals surface area contributed by atoms with E-state index in [2.05, 4.69) is 32.6 Å². The van der Waals surface area contributed by atoms with Gasteiger partial charge in [0.05, 0.1) is 5.56 Å². The molecule has 2 aromatic rings. The first kappa shape index (κ1) is 11.0. The van der Waals surface area contributed by atoms with Gasteiger partial charge in [-0.2, -0.15) is 4.98 Å². The predicted octanol–water partition coefficient (Wildman–Crippen LogP) is 2.57. The molecule has 1 aliphatic rings. The molecule has 0 spiro atoms. The largest absolute Gasteiger partial charge is 0.366 e. The Morgan fingerprint density at radius 1 is 1.33 bits per heavy atom. The number of rotatable bonds is 3. The third-order valence-electron chi connectivity index (χ3n) is 2.91. The van der Waals surface area contributed by atoms with E-state index in [0.29, 0.717) is 17.8 Å². The molecule has 5 heteroatoms. The van der Waals surface area contributed by atoms with Gasteiger partial charge in [0, 0.05) is 12.2 Å². The molecule has 0 radical (unpaired) electrons. The van der Waals surface area contributed by atoms with Crippen LogP contribution >= 0.6 is 0 Å². The Morgan fingerprint density at radius 2 is 2.17 bits per heavy atom. The standard InChI is InChI=1S/C13H14N4O/c1-9-15-13(18-17-9)11-7-4-8-14-12(11)16-10-5-2-3-6-10/h2-4,7-8,10H,5-6H2,1H3,(H,14,16). The molecular weight excluding hydrogens is 228 g/mol. The fraction of sp³-hybridized carbons (Fsp3) is 0.308. The average Bonchev–Trinajstić information content (AvgIpc) is 3.02. The Morgan fingerprint density at radius 3 is 2.89 bits per heavy atom. The second-order valence-electron chi connectivity index (χ2n) is 4.33. The van der Waals surface area contributed by atoms with Crippen LogP contribution in [0.15, 0.2) is 35.0 Å². The van der Waals surface area contributed by atoms with Crippen molar-refractivity contribution in [3.8, 4) is 11.5 Å². The molecule has 1 aliphatic carbocycles. The number of anilines is 1. The van der Waals surface area contributed by atoms with Crippen LogP contribution in [-0.4, -0.2) is 21.2 Å². The van der Waals surface area contributed by atoms with Crippen LogP contribution < -0.4 is 5.32 Å². The highest BCUT2D eigenvalue weighted by molar-refractivity contribution is 5.68. The van der Waals surface area contributed by atoms with Crippen LogP contribution in [0.4, 0.5) is 5.82 Å². The van der Waals surface area contributed by atoms with Crippen LogP contribution in [0.3, 0.4) is 0 Å². The molecule has 0 saturated carbocycles. The summed E-state index contributed by atoms with van der Waals surface area (Å²) in [6, 6.07) is 4.21. The lowest BCUT2D eigenvalue weighted by molar-refractivity contribution is 0.425. The molecule has 0 amide bonds. The molecule has 2 aromatic heterocycles. The Labute approximate surface area is 105 Å². The smallest absolute Gasteiger partial charge is 0.261 e. The number of aryl methyl sites for hydroxylation is 1. The highest BCUT2D eigenvalue weighted by Gasteiger charge is 2.16. The highest BCUT2D eigenvalue weighted by Crippen LogP contribution is 2.26. The number of hydrogen-bond acceptors (Lipinski definition) is 5. The molecular formula is C13H14N4O. The topological polar surface area (TPSA) is 63.8 Å². The summed E-state index contributed by atoms with van der Waals surface area (Å²) in [6.07, 6.45) is 8.17. The van der Waals surface area contributed by atoms with Crippen LogP contribution in [-0.2, 0) is 0 Å². The summed E-state index contributed by atoms with van der Waals surface area (Å²) >= 11 is 0. The molecule has 1 N–H and O–H groups in total. The minimum absolute atomic E-state index is 0.405. The van der Waals surface area contributed by atoms with Gasteiger partial charge < -0.3 is 9.84 Å². The third kappa shape index (κ3) is 2.11. The van der Waals surface area contributed by atoms with Crippen LogP contribution in [0.2, 0.25) is 0 Å². The summed E-state index contributed by atoms with van der Waals surface area (Å²) in [4.78, 5) is 8.60. The Kier molecular flexibility index (Phi) is 2.80. The first-order chi connectivity index (χ1) is 8.83. The van der Waals surface area contributed by atoms with Crippen molar-refractivity contribution < 1.29 is 4.52 Å². The van der Waals surface area contributed by atoms with Gasteiger partial charge in [0.2, 0.25) is 0 Å². The predicted molar refractivity (Wildman–Crippen MR) is 68.1 cm³/mol. The van der Waals surface area contributed by atoms with Crippen molar-refractivity contribution >= 4 is 5.82 Å². The van der Waals surface area contributed by atoms with E-state index in [1.807, 2.05) is 12.1 Å². The van der Waals surface area contributed by atoms with Gasteiger partial charge in [-0.15, -0.1) is 0 Å². The summed E-state index contributed by atoms with van der Waals surface area (Å²) in [5.41, 5.74) is 0.852. The molecule has 92 valence electrons. The number of pyridine rings is 1. The fourth-order valence-electron chi connectivity index (χ4n) is 2.03. The lowest BCUT2D eigenvalue weighted by Crippen LogP contribution is -2.16. The van der Waals surface area contributed by atoms with Crippen LogP contribution in [0, 0.1) is 6.92 Å². The van der Waals surface area contributed by atoms with E-state index in [9.17, 15) is 0 Å². The van der Waals surface area contributed by atoms with Gasteiger partial charge in [-0.1, -0.05) is 17.3 Å². The fourth-order valence-corrected chi connectivity index (χ4v) is 2.03. The van der Waals surface area contributed by atoms with Gasteiger partial charge in [-0.3, -0.25) is 0 Å². The molecule has 0 aromatic carbocycles. The van der Waals surface area contributed by atoms with Crippen molar-refractivity contribution in [2.75, 3.05) is 5.32 Å². The third-order valence-corrected chi connectivity index (χ3v) is 2.91. The monoisotopic (exact) mass is 242 g/mol. The van der Waals surface area contributed by atoms with Gasteiger partial charge in [0.25, 0.3) is 5.89 Å². The highest BCUT2D eigenvalue weighted by atomic mass is 16.5. The first-order valence-electron chi connectivity index (χ1n) is 6.00. The van der Waals surface area contributed by atoms with Gasteiger partial charge in [-0.25, -0.2) is 4.98 Å². The maximum absolute atomic E-state index is 5.20. The van der Waals surface area contributed by atoms with E-state index in [-0.39, 0.29) is 0 Å². The Hall–Kier alpha value is -2.17. The molecule has 0 bridgehead atoms. The average molecular weight is 242 g/mol. The molecule has 0 unspecified atom stereocenters. The minimum Gasteiger partial charge on any atom is -0.366 e. The Balaban J connectivity index is 1.89. The van der Waals surface area contributed by atoms with Crippen molar-refractivity contribution in [1.29, 1.82) is 0 Å². The molecule has 2 heterocycles. The zero-order valence-electron chi connectivity index (χ0n) is 10.1. The van der Waals surface area contributed by atoms with E-state index in [1.54, 1.807) is 13.1 Å². The lowest BCUT2D eigenvalue weighted by atomic mass is 10.2. The summed E-state index contributed by atoms with van der Waals surface area (Å²) < 4.78 is 5.20. The van der Waals surface area contributed by atoms with E-state index in [0.717, 1.165) is 24.2 Å². The van der Waals surface area contributed by atoms with Gasteiger partial charge in [-0.05, 0) is 31.9 Å². The number of aromatic nitrogens is 3. The minimum atomic E-state index is 0.405. The molecule has 0 saturated heterocycles. The molecule has 0 aliphatic heterocycles. The summed E-state index contributed by atoms with van der Waals surface area (Å²) in [7, 11) is 0. The van der Waals surface area contributed by atoms with Crippen LogP contribution in [0.25, 0.3) is 11.5 Å². The van der Waals surface area contributed by atoms with Gasteiger partial charge >= 0.3 is 0 Å². The molecule has 5 nitrogen and oxygen atoms in total. The number of nitrogens with zero attached hydrogens (tertiary/aromatic N) is 3. The SMILES string of the molecule is Cc1noc(-c2cccnc2NC2CC=CC2)n1. The zero-order chi connectivity index (χ0) is 12.4. The van der Waals surface area contributed by atoms with E-state index in [1.165, 1.54) is 0 Å². The summed E-state index contributed by atoms with van der Waals surface area (Å²) in [6.45, 7) is 1.80. The summed E-state index contributed by atoms with van der Waals surface area (Å²) in [5.74, 6) is 1.94. The molecule has 0 atom stereocenters. The van der Waals surface area contributed by atoms with Crippen molar-refractivity contribution in [3.05, 3.63) is 36.3 Å². The quantitative estimate of drug-likeness (QED) is 0.838. The molecule has 3 rings (SSSR count). The second kappa shape index (κ2) is 4.60. The molecule has 0 fully saturated rings. The van der Waals surface area contributed by atoms with E-state index < -0.39 is 0 Å². The van der Waals surface area contributed by atoms with Crippen molar-refractivity contribution in [2.45, 2.75) is 25.8 Å². The van der Waals surface area contributed by atoms with E-state index in [4.69, 9.17) is 4.52 Å². The maximum Gasteiger partial charge on any atom is 0.261 e. The summed E-state index contributed by atoms with van der Waals surface area (Å²) in [5, 5.41) is 7.23. The van der Waals surface area contributed by atoms with Gasteiger partial charge in [0.1, 0.15) is 5.82 Å². The zero-order valence-corrected chi connectivity index (χ0v) is 10.1. The maximum atomic E-state index is 5.20. The number of hydrogen-bond donors (Lipinski definition) is 1.